The van der Waals surface area contributed by atoms with Crippen molar-refractivity contribution in [1.29, 1.82) is 0 Å². The van der Waals surface area contributed by atoms with E-state index in [1.54, 1.807) is 0 Å². The predicted molar refractivity (Wildman–Crippen MR) is 97.9 cm³/mol. The number of hydrogen-bond donors (Lipinski definition) is 0. The molecule has 0 unspecified atom stereocenters. The maximum absolute atomic E-state index is 13.0. The van der Waals surface area contributed by atoms with Gasteiger partial charge in [0.15, 0.2) is 0 Å². The third-order valence-electron chi connectivity index (χ3n) is 4.93. The lowest BCUT2D eigenvalue weighted by molar-refractivity contribution is 0.165. The summed E-state index contributed by atoms with van der Waals surface area (Å²) in [6.07, 6.45) is 2.30. The third kappa shape index (κ3) is 2.57. The van der Waals surface area contributed by atoms with Crippen molar-refractivity contribution < 1.29 is 4.74 Å². The highest BCUT2D eigenvalue weighted by Gasteiger charge is 2.14. The van der Waals surface area contributed by atoms with Crippen molar-refractivity contribution in [3.63, 3.8) is 0 Å². The van der Waals surface area contributed by atoms with Crippen molar-refractivity contribution in [2.75, 3.05) is 26.2 Å². The molecule has 124 valence electrons. The summed E-state index contributed by atoms with van der Waals surface area (Å²) in [6, 6.07) is 13.6. The molecule has 0 bridgehead atoms. The zero-order valence-electron chi connectivity index (χ0n) is 14.0. The van der Waals surface area contributed by atoms with Crippen LogP contribution in [0.4, 0.5) is 0 Å². The van der Waals surface area contributed by atoms with E-state index < -0.39 is 0 Å². The number of nitrogens with zero attached hydrogens (tertiary/aromatic N) is 2. The molecule has 4 heteroatoms. The summed E-state index contributed by atoms with van der Waals surface area (Å²) in [6.45, 7) is 4.14. The van der Waals surface area contributed by atoms with E-state index in [2.05, 4.69) is 9.47 Å². The van der Waals surface area contributed by atoms with Gasteiger partial charge in [0.05, 0.1) is 23.0 Å². The average molecular weight is 322 g/mol. The Morgan fingerprint density at radius 2 is 1.83 bits per heavy atom. The van der Waals surface area contributed by atoms with Gasteiger partial charge in [0.1, 0.15) is 5.75 Å². The van der Waals surface area contributed by atoms with E-state index in [4.69, 9.17) is 4.74 Å². The van der Waals surface area contributed by atoms with Crippen LogP contribution in [0.25, 0.3) is 21.8 Å². The van der Waals surface area contributed by atoms with Gasteiger partial charge in [0, 0.05) is 19.0 Å². The Bertz CT molecular complexity index is 941. The number of fused-ring (bicyclic) bond motifs is 2. The fourth-order valence-electron chi connectivity index (χ4n) is 3.45. The van der Waals surface area contributed by atoms with Gasteiger partial charge in [-0.05, 0) is 50.2 Å². The highest BCUT2D eigenvalue weighted by Crippen LogP contribution is 2.25. The summed E-state index contributed by atoms with van der Waals surface area (Å²) in [5, 5.41) is 1.42. The first kappa shape index (κ1) is 15.2. The van der Waals surface area contributed by atoms with Crippen LogP contribution >= 0.6 is 0 Å². The minimum Gasteiger partial charge on any atom is -0.493 e. The number of hydrogen-bond acceptors (Lipinski definition) is 3. The molecule has 1 aliphatic rings. The van der Waals surface area contributed by atoms with Crippen molar-refractivity contribution in [3.8, 4) is 5.75 Å². The van der Waals surface area contributed by atoms with Crippen LogP contribution in [0.1, 0.15) is 12.8 Å². The van der Waals surface area contributed by atoms with Crippen molar-refractivity contribution in [2.45, 2.75) is 12.8 Å². The summed E-state index contributed by atoms with van der Waals surface area (Å²) in [4.78, 5) is 15.4. The Morgan fingerprint density at radius 1 is 1.04 bits per heavy atom. The zero-order valence-corrected chi connectivity index (χ0v) is 14.0. The number of aromatic nitrogens is 1. The van der Waals surface area contributed by atoms with Gasteiger partial charge < -0.3 is 14.2 Å². The van der Waals surface area contributed by atoms with Crippen LogP contribution in [0.15, 0.2) is 47.3 Å². The lowest BCUT2D eigenvalue weighted by atomic mass is 10.1. The van der Waals surface area contributed by atoms with Crippen molar-refractivity contribution >= 4 is 21.8 Å². The monoisotopic (exact) mass is 322 g/mol. The number of pyridine rings is 1. The Labute approximate surface area is 141 Å². The minimum atomic E-state index is 0.0528. The number of rotatable bonds is 5. The first-order valence-corrected chi connectivity index (χ1v) is 8.61. The fraction of sp³-hybridized carbons (Fsp3) is 0.350. The number of likely N-dealkylation sites (tertiary alicyclic amines) is 1. The van der Waals surface area contributed by atoms with Crippen molar-refractivity contribution in [2.24, 2.45) is 7.05 Å². The molecular formula is C20H22N2O2. The Morgan fingerprint density at radius 3 is 2.62 bits per heavy atom. The highest BCUT2D eigenvalue weighted by molar-refractivity contribution is 5.96. The molecule has 0 atom stereocenters. The molecule has 0 spiro atoms. The summed E-state index contributed by atoms with van der Waals surface area (Å²) in [5.41, 5.74) is 1.92. The molecule has 1 saturated heterocycles. The van der Waals surface area contributed by atoms with E-state index in [0.29, 0.717) is 17.7 Å². The number of ether oxygens (including phenoxy) is 1. The minimum absolute atomic E-state index is 0.0528. The maximum Gasteiger partial charge on any atom is 0.200 e. The molecule has 1 aromatic heterocycles. The molecule has 2 heterocycles. The van der Waals surface area contributed by atoms with Crippen LogP contribution in [0.5, 0.6) is 5.75 Å². The summed E-state index contributed by atoms with van der Waals surface area (Å²) >= 11 is 0. The molecule has 0 amide bonds. The number of aryl methyl sites for hydroxylation is 1. The molecule has 0 saturated carbocycles. The van der Waals surface area contributed by atoms with Crippen LogP contribution in [-0.2, 0) is 7.05 Å². The number of para-hydroxylation sites is 1. The van der Waals surface area contributed by atoms with Gasteiger partial charge in [-0.3, -0.25) is 4.79 Å². The fourth-order valence-corrected chi connectivity index (χ4v) is 3.45. The topological polar surface area (TPSA) is 34.5 Å². The highest BCUT2D eigenvalue weighted by atomic mass is 16.5. The van der Waals surface area contributed by atoms with E-state index in [-0.39, 0.29) is 5.43 Å². The Balaban J connectivity index is 1.69. The van der Waals surface area contributed by atoms with E-state index in [1.807, 2.05) is 49.5 Å². The van der Waals surface area contributed by atoms with Gasteiger partial charge in [-0.15, -0.1) is 0 Å². The first-order valence-electron chi connectivity index (χ1n) is 8.61. The molecule has 3 aromatic rings. The van der Waals surface area contributed by atoms with Gasteiger partial charge in [-0.25, -0.2) is 0 Å². The van der Waals surface area contributed by atoms with Gasteiger partial charge in [-0.1, -0.05) is 18.2 Å². The summed E-state index contributed by atoms with van der Waals surface area (Å²) < 4.78 is 8.05. The van der Waals surface area contributed by atoms with E-state index in [9.17, 15) is 4.79 Å². The molecule has 0 radical (unpaired) electrons. The van der Waals surface area contributed by atoms with Gasteiger partial charge in [0.2, 0.25) is 5.43 Å². The van der Waals surface area contributed by atoms with E-state index >= 15 is 0 Å². The van der Waals surface area contributed by atoms with Gasteiger partial charge >= 0.3 is 0 Å². The van der Waals surface area contributed by atoms with Crippen LogP contribution in [-0.4, -0.2) is 35.7 Å². The average Bonchev–Trinajstić information content (AvgIpc) is 2.57. The van der Waals surface area contributed by atoms with Gasteiger partial charge in [-0.2, -0.15) is 0 Å². The van der Waals surface area contributed by atoms with Crippen LogP contribution in [0.3, 0.4) is 0 Å². The smallest absolute Gasteiger partial charge is 0.200 e. The quantitative estimate of drug-likeness (QED) is 0.534. The van der Waals surface area contributed by atoms with Crippen LogP contribution in [0.2, 0.25) is 0 Å². The first-order chi connectivity index (χ1) is 11.8. The second-order valence-corrected chi connectivity index (χ2v) is 6.45. The second kappa shape index (κ2) is 6.29. The van der Waals surface area contributed by atoms with Crippen LogP contribution in [0, 0.1) is 0 Å². The Hall–Kier alpha value is -2.33. The molecule has 1 fully saturated rings. The molecule has 1 aliphatic heterocycles. The maximum atomic E-state index is 13.0. The molecule has 4 rings (SSSR count). The lowest BCUT2D eigenvalue weighted by Crippen LogP contribution is -2.38. The van der Waals surface area contributed by atoms with Crippen molar-refractivity contribution in [1.82, 2.24) is 9.47 Å². The van der Waals surface area contributed by atoms with Crippen molar-refractivity contribution in [3.05, 3.63) is 52.7 Å². The Kier molecular flexibility index (Phi) is 3.98. The van der Waals surface area contributed by atoms with E-state index in [0.717, 1.165) is 29.4 Å². The number of benzene rings is 2. The molecule has 2 aromatic carbocycles. The zero-order chi connectivity index (χ0) is 16.5. The molecule has 24 heavy (non-hydrogen) atoms. The molecule has 0 N–H and O–H groups in total. The SMILES string of the molecule is Cn1c2ccccc2c(=O)c2c(OCCCN3CCC3)cccc21. The molecule has 4 nitrogen and oxygen atoms in total. The third-order valence-corrected chi connectivity index (χ3v) is 4.93. The normalized spacial score (nSPS) is 14.9. The predicted octanol–water partition coefficient (Wildman–Crippen LogP) is 3.17. The second-order valence-electron chi connectivity index (χ2n) is 6.45. The largest absolute Gasteiger partial charge is 0.493 e. The summed E-state index contributed by atoms with van der Waals surface area (Å²) in [7, 11) is 2.00. The van der Waals surface area contributed by atoms with Gasteiger partial charge in [0.25, 0.3) is 0 Å². The molecular weight excluding hydrogens is 300 g/mol. The summed E-state index contributed by atoms with van der Waals surface area (Å²) in [5.74, 6) is 0.697. The molecule has 0 aliphatic carbocycles. The standard InChI is InChI=1S/C20H22N2O2/c1-21-16-8-3-2-7-15(16)20(23)19-17(21)9-4-10-18(19)24-14-6-13-22-11-5-12-22/h2-4,7-10H,5-6,11-14H2,1H3. The lowest BCUT2D eigenvalue weighted by Gasteiger charge is -2.30. The van der Waals surface area contributed by atoms with E-state index in [1.165, 1.54) is 19.5 Å². The van der Waals surface area contributed by atoms with Crippen LogP contribution < -0.4 is 10.2 Å².